The van der Waals surface area contributed by atoms with Gasteiger partial charge in [-0.15, -0.1) is 0 Å². The number of nitrogens with one attached hydrogen (secondary N) is 2. The molecule has 0 spiro atoms. The van der Waals surface area contributed by atoms with Crippen LogP contribution in [0, 0.1) is 0 Å². The van der Waals surface area contributed by atoms with Crippen molar-refractivity contribution in [2.24, 2.45) is 0 Å². The average Bonchev–Trinajstić information content (AvgIpc) is 2.72. The second-order valence-electron chi connectivity index (χ2n) is 5.29. The quantitative estimate of drug-likeness (QED) is 0.822. The fraction of sp³-hybridized carbons (Fsp3) is 0.467. The smallest absolute Gasteiger partial charge is 0.319 e. The SMILES string of the molecule is CC(C)SCCNC(=O)Nc1cccc2c1CN(C)C2=O. The summed E-state index contributed by atoms with van der Waals surface area (Å²) in [6.07, 6.45) is 0. The first-order chi connectivity index (χ1) is 9.99. The Morgan fingerprint density at radius 2 is 2.19 bits per heavy atom. The maximum atomic E-state index is 11.9. The molecule has 1 aliphatic heterocycles. The van der Waals surface area contributed by atoms with Crippen molar-refractivity contribution in [3.63, 3.8) is 0 Å². The first kappa shape index (κ1) is 15.7. The molecule has 1 aromatic carbocycles. The Morgan fingerprint density at radius 3 is 2.90 bits per heavy atom. The van der Waals surface area contributed by atoms with E-state index >= 15 is 0 Å². The zero-order valence-corrected chi connectivity index (χ0v) is 13.4. The van der Waals surface area contributed by atoms with E-state index in [0.717, 1.165) is 11.3 Å². The number of fused-ring (bicyclic) bond motifs is 1. The van der Waals surface area contributed by atoms with E-state index in [1.165, 1.54) is 0 Å². The standard InChI is InChI=1S/C15H21N3O2S/c1-10(2)21-8-7-16-15(20)17-13-6-4-5-11-12(13)9-18(3)14(11)19/h4-6,10H,7-9H2,1-3H3,(H2,16,17,20). The molecule has 0 aromatic heterocycles. The maximum Gasteiger partial charge on any atom is 0.319 e. The number of anilines is 1. The summed E-state index contributed by atoms with van der Waals surface area (Å²) in [4.78, 5) is 25.4. The molecule has 0 saturated carbocycles. The molecule has 3 amide bonds. The van der Waals surface area contributed by atoms with E-state index in [2.05, 4.69) is 24.5 Å². The summed E-state index contributed by atoms with van der Waals surface area (Å²) in [7, 11) is 1.76. The molecule has 21 heavy (non-hydrogen) atoms. The third kappa shape index (κ3) is 3.91. The molecule has 0 radical (unpaired) electrons. The Bertz CT molecular complexity index is 546. The fourth-order valence-electron chi connectivity index (χ4n) is 2.21. The van der Waals surface area contributed by atoms with Crippen LogP contribution in [0.1, 0.15) is 29.8 Å². The van der Waals surface area contributed by atoms with Crippen LogP contribution in [0.25, 0.3) is 0 Å². The molecule has 5 nitrogen and oxygen atoms in total. The van der Waals surface area contributed by atoms with Crippen molar-refractivity contribution in [2.45, 2.75) is 25.6 Å². The van der Waals surface area contributed by atoms with E-state index in [0.29, 0.717) is 29.6 Å². The van der Waals surface area contributed by atoms with Crippen LogP contribution in [-0.2, 0) is 6.54 Å². The molecule has 1 aromatic rings. The highest BCUT2D eigenvalue weighted by atomic mass is 32.2. The average molecular weight is 307 g/mol. The first-order valence-corrected chi connectivity index (χ1v) is 8.07. The molecule has 0 atom stereocenters. The van der Waals surface area contributed by atoms with Crippen molar-refractivity contribution in [2.75, 3.05) is 24.7 Å². The predicted molar refractivity (Wildman–Crippen MR) is 86.9 cm³/mol. The lowest BCUT2D eigenvalue weighted by Gasteiger charge is -2.11. The number of nitrogens with zero attached hydrogens (tertiary/aromatic N) is 1. The molecule has 0 aliphatic carbocycles. The zero-order chi connectivity index (χ0) is 15.4. The summed E-state index contributed by atoms with van der Waals surface area (Å²) >= 11 is 1.81. The molecular weight excluding hydrogens is 286 g/mol. The molecule has 1 heterocycles. The summed E-state index contributed by atoms with van der Waals surface area (Å²) in [6, 6.07) is 5.19. The summed E-state index contributed by atoms with van der Waals surface area (Å²) in [5.74, 6) is 0.890. The van der Waals surface area contributed by atoms with Crippen LogP contribution >= 0.6 is 11.8 Å². The van der Waals surface area contributed by atoms with Crippen LogP contribution in [0.5, 0.6) is 0 Å². The minimum atomic E-state index is -0.227. The summed E-state index contributed by atoms with van der Waals surface area (Å²) in [6.45, 7) is 5.42. The highest BCUT2D eigenvalue weighted by Crippen LogP contribution is 2.28. The Morgan fingerprint density at radius 1 is 1.43 bits per heavy atom. The number of hydrogen-bond donors (Lipinski definition) is 2. The predicted octanol–water partition coefficient (Wildman–Crippen LogP) is 2.54. The molecule has 2 N–H and O–H groups in total. The zero-order valence-electron chi connectivity index (χ0n) is 12.6. The lowest BCUT2D eigenvalue weighted by molar-refractivity contribution is 0.0816. The molecule has 0 unspecified atom stereocenters. The van der Waals surface area contributed by atoms with Crippen molar-refractivity contribution >= 4 is 29.4 Å². The van der Waals surface area contributed by atoms with Crippen LogP contribution in [0.15, 0.2) is 18.2 Å². The van der Waals surface area contributed by atoms with Crippen LogP contribution < -0.4 is 10.6 Å². The molecule has 0 bridgehead atoms. The van der Waals surface area contributed by atoms with Crippen molar-refractivity contribution in [3.8, 4) is 0 Å². The van der Waals surface area contributed by atoms with E-state index in [1.54, 1.807) is 35.8 Å². The van der Waals surface area contributed by atoms with Crippen molar-refractivity contribution in [1.29, 1.82) is 0 Å². The summed E-state index contributed by atoms with van der Waals surface area (Å²) in [5, 5.41) is 6.23. The number of rotatable bonds is 5. The first-order valence-electron chi connectivity index (χ1n) is 7.03. The topological polar surface area (TPSA) is 61.4 Å². The van der Waals surface area contributed by atoms with E-state index in [4.69, 9.17) is 0 Å². The van der Waals surface area contributed by atoms with E-state index < -0.39 is 0 Å². The van der Waals surface area contributed by atoms with Crippen molar-refractivity contribution in [3.05, 3.63) is 29.3 Å². The molecular formula is C15H21N3O2S. The van der Waals surface area contributed by atoms with Crippen molar-refractivity contribution < 1.29 is 9.59 Å². The van der Waals surface area contributed by atoms with Crippen LogP contribution in [0.2, 0.25) is 0 Å². The normalized spacial score (nSPS) is 13.5. The summed E-state index contributed by atoms with van der Waals surface area (Å²) < 4.78 is 0. The van der Waals surface area contributed by atoms with Gasteiger partial charge in [-0.1, -0.05) is 19.9 Å². The second kappa shape index (κ2) is 6.85. The van der Waals surface area contributed by atoms with Gasteiger partial charge in [0.2, 0.25) is 0 Å². The number of amides is 3. The van der Waals surface area contributed by atoms with Gasteiger partial charge in [0.15, 0.2) is 0 Å². The van der Waals surface area contributed by atoms with Gasteiger partial charge in [-0.3, -0.25) is 4.79 Å². The van der Waals surface area contributed by atoms with Gasteiger partial charge in [-0.05, 0) is 17.4 Å². The lowest BCUT2D eigenvalue weighted by Crippen LogP contribution is -2.31. The Hall–Kier alpha value is -1.69. The van der Waals surface area contributed by atoms with Crippen LogP contribution in [-0.4, -0.2) is 41.4 Å². The molecule has 6 heteroatoms. The van der Waals surface area contributed by atoms with Gasteiger partial charge in [0.25, 0.3) is 5.91 Å². The highest BCUT2D eigenvalue weighted by molar-refractivity contribution is 7.99. The number of urea groups is 1. The third-order valence-electron chi connectivity index (χ3n) is 3.24. The van der Waals surface area contributed by atoms with Gasteiger partial charge >= 0.3 is 6.03 Å². The molecule has 1 aliphatic rings. The largest absolute Gasteiger partial charge is 0.337 e. The maximum absolute atomic E-state index is 11.9. The lowest BCUT2D eigenvalue weighted by atomic mass is 10.1. The second-order valence-corrected chi connectivity index (χ2v) is 6.98. The summed E-state index contributed by atoms with van der Waals surface area (Å²) in [5.41, 5.74) is 2.27. The Labute approximate surface area is 129 Å². The van der Waals surface area contributed by atoms with Crippen LogP contribution in [0.4, 0.5) is 10.5 Å². The number of carbonyl (C=O) groups is 2. The van der Waals surface area contributed by atoms with Crippen LogP contribution in [0.3, 0.4) is 0 Å². The van der Waals surface area contributed by atoms with E-state index in [9.17, 15) is 9.59 Å². The Kier molecular flexibility index (Phi) is 5.12. The van der Waals surface area contributed by atoms with Crippen molar-refractivity contribution in [1.82, 2.24) is 10.2 Å². The molecule has 0 saturated heterocycles. The Balaban J connectivity index is 1.92. The van der Waals surface area contributed by atoms with Gasteiger partial charge in [-0.25, -0.2) is 4.79 Å². The minimum absolute atomic E-state index is 0.00221. The third-order valence-corrected chi connectivity index (χ3v) is 4.34. The number of hydrogen-bond acceptors (Lipinski definition) is 3. The van der Waals surface area contributed by atoms with Gasteiger partial charge < -0.3 is 15.5 Å². The number of benzene rings is 1. The van der Waals surface area contributed by atoms with Gasteiger partial charge in [0, 0.05) is 42.7 Å². The van der Waals surface area contributed by atoms with Gasteiger partial charge in [0.1, 0.15) is 0 Å². The fourth-order valence-corrected chi connectivity index (χ4v) is 2.91. The molecule has 0 fully saturated rings. The molecule has 2 rings (SSSR count). The van der Waals surface area contributed by atoms with Gasteiger partial charge in [-0.2, -0.15) is 11.8 Å². The molecule has 114 valence electrons. The number of thioether (sulfide) groups is 1. The highest BCUT2D eigenvalue weighted by Gasteiger charge is 2.26. The minimum Gasteiger partial charge on any atom is -0.337 e. The number of carbonyl (C=O) groups excluding carboxylic acids is 2. The van der Waals surface area contributed by atoms with E-state index in [-0.39, 0.29) is 11.9 Å². The van der Waals surface area contributed by atoms with Gasteiger partial charge in [0.05, 0.1) is 0 Å². The van der Waals surface area contributed by atoms with E-state index in [1.807, 2.05) is 6.07 Å². The monoisotopic (exact) mass is 307 g/mol.